The number of aliphatic hydroxyl groups is 1. The maximum atomic E-state index is 11.6. The molecule has 0 heterocycles. The minimum absolute atomic E-state index is 0.222. The molecule has 0 aromatic carbocycles. The van der Waals surface area contributed by atoms with Gasteiger partial charge in [-0.1, -0.05) is 71.1 Å². The number of ether oxygens (including phenoxy) is 1. The molecule has 0 bridgehead atoms. The molecule has 0 aliphatic carbocycles. The fourth-order valence-corrected chi connectivity index (χ4v) is 2.79. The minimum Gasteiger partial charge on any atom is -0.457 e. The summed E-state index contributed by atoms with van der Waals surface area (Å²) >= 11 is 0. The standard InChI is InChI=1S/C17H34O7S/c1-2-3-4-5-6-7-8-9-10-11-12-13-17(19)24-16(14-18)15-23-25(20,21)22/h16,18H,2-15H2,1H3,(H,20,21,22). The van der Waals surface area contributed by atoms with Gasteiger partial charge < -0.3 is 9.84 Å². The van der Waals surface area contributed by atoms with Gasteiger partial charge >= 0.3 is 16.4 Å². The first-order valence-corrected chi connectivity index (χ1v) is 10.7. The number of carbonyl (C=O) groups is 1. The van der Waals surface area contributed by atoms with E-state index < -0.39 is 35.7 Å². The Labute approximate surface area is 152 Å². The zero-order chi connectivity index (χ0) is 19.0. The highest BCUT2D eigenvalue weighted by Gasteiger charge is 2.17. The molecule has 0 fully saturated rings. The maximum Gasteiger partial charge on any atom is 0.397 e. The highest BCUT2D eigenvalue weighted by atomic mass is 32.3. The third kappa shape index (κ3) is 17.9. The van der Waals surface area contributed by atoms with E-state index in [2.05, 4.69) is 11.1 Å². The van der Waals surface area contributed by atoms with E-state index in [-0.39, 0.29) is 6.42 Å². The molecule has 0 aromatic rings. The molecule has 0 aliphatic heterocycles. The predicted octanol–water partition coefficient (Wildman–Crippen LogP) is 3.41. The van der Waals surface area contributed by atoms with E-state index in [0.717, 1.165) is 12.8 Å². The molecule has 1 unspecified atom stereocenters. The van der Waals surface area contributed by atoms with Gasteiger partial charge in [0.2, 0.25) is 0 Å². The molecule has 7 nitrogen and oxygen atoms in total. The van der Waals surface area contributed by atoms with Gasteiger partial charge in [0.25, 0.3) is 0 Å². The Morgan fingerprint density at radius 3 is 1.84 bits per heavy atom. The molecule has 0 saturated heterocycles. The lowest BCUT2D eigenvalue weighted by molar-refractivity contribution is -0.153. The summed E-state index contributed by atoms with van der Waals surface area (Å²) in [5, 5.41) is 9.00. The molecule has 0 radical (unpaired) electrons. The van der Waals surface area contributed by atoms with Gasteiger partial charge in [-0.25, -0.2) is 4.18 Å². The van der Waals surface area contributed by atoms with Crippen molar-refractivity contribution in [3.63, 3.8) is 0 Å². The predicted molar refractivity (Wildman–Crippen MR) is 95.5 cm³/mol. The maximum absolute atomic E-state index is 11.6. The van der Waals surface area contributed by atoms with Crippen LogP contribution < -0.4 is 0 Å². The Kier molecular flexibility index (Phi) is 15.1. The van der Waals surface area contributed by atoms with Crippen molar-refractivity contribution < 1.29 is 31.8 Å². The first-order chi connectivity index (χ1) is 11.9. The van der Waals surface area contributed by atoms with Crippen LogP contribution in [0.4, 0.5) is 0 Å². The molecule has 8 heteroatoms. The average molecular weight is 383 g/mol. The van der Waals surface area contributed by atoms with Gasteiger partial charge in [0.15, 0.2) is 0 Å². The Bertz CT molecular complexity index is 423. The summed E-state index contributed by atoms with van der Waals surface area (Å²) in [6.45, 7) is 1.05. The second-order valence-electron chi connectivity index (χ2n) is 6.29. The summed E-state index contributed by atoms with van der Waals surface area (Å²) in [6.07, 6.45) is 12.1. The van der Waals surface area contributed by atoms with Crippen molar-refractivity contribution in [2.75, 3.05) is 13.2 Å². The molecule has 0 amide bonds. The van der Waals surface area contributed by atoms with E-state index in [9.17, 15) is 13.2 Å². The van der Waals surface area contributed by atoms with Crippen molar-refractivity contribution in [3.05, 3.63) is 0 Å². The first kappa shape index (κ1) is 24.3. The lowest BCUT2D eigenvalue weighted by Gasteiger charge is -2.14. The Morgan fingerprint density at radius 1 is 0.920 bits per heavy atom. The van der Waals surface area contributed by atoms with Crippen LogP contribution in [-0.2, 0) is 24.1 Å². The lowest BCUT2D eigenvalue weighted by Crippen LogP contribution is -2.28. The number of esters is 1. The molecule has 0 spiro atoms. The van der Waals surface area contributed by atoms with Crippen molar-refractivity contribution in [3.8, 4) is 0 Å². The molecule has 0 saturated carbocycles. The molecule has 0 aromatic heterocycles. The zero-order valence-electron chi connectivity index (χ0n) is 15.3. The fourth-order valence-electron chi connectivity index (χ4n) is 2.46. The van der Waals surface area contributed by atoms with Crippen LogP contribution in [0, 0.1) is 0 Å². The highest BCUT2D eigenvalue weighted by Crippen LogP contribution is 2.12. The van der Waals surface area contributed by atoms with Gasteiger partial charge in [0.05, 0.1) is 6.61 Å². The van der Waals surface area contributed by atoms with E-state index in [1.807, 2.05) is 0 Å². The molecule has 1 atom stereocenters. The summed E-state index contributed by atoms with van der Waals surface area (Å²) in [5.74, 6) is -0.506. The van der Waals surface area contributed by atoms with Crippen LogP contribution in [0.3, 0.4) is 0 Å². The number of hydrogen-bond acceptors (Lipinski definition) is 6. The van der Waals surface area contributed by atoms with Crippen LogP contribution in [0.5, 0.6) is 0 Å². The van der Waals surface area contributed by atoms with Crippen molar-refractivity contribution in [2.24, 2.45) is 0 Å². The van der Waals surface area contributed by atoms with Gasteiger partial charge in [0.1, 0.15) is 12.7 Å². The van der Waals surface area contributed by atoms with Gasteiger partial charge in [-0.3, -0.25) is 9.35 Å². The number of aliphatic hydroxyl groups excluding tert-OH is 1. The van der Waals surface area contributed by atoms with E-state index >= 15 is 0 Å². The second-order valence-corrected chi connectivity index (χ2v) is 7.38. The molecule has 150 valence electrons. The summed E-state index contributed by atoms with van der Waals surface area (Å²) < 4.78 is 38.3. The van der Waals surface area contributed by atoms with E-state index in [4.69, 9.17) is 14.4 Å². The van der Waals surface area contributed by atoms with Crippen molar-refractivity contribution >= 4 is 16.4 Å². The summed E-state index contributed by atoms with van der Waals surface area (Å²) in [4.78, 5) is 11.6. The van der Waals surface area contributed by atoms with E-state index in [1.54, 1.807) is 0 Å². The highest BCUT2D eigenvalue weighted by molar-refractivity contribution is 7.80. The lowest BCUT2D eigenvalue weighted by atomic mass is 10.1. The molecular formula is C17H34O7S. The first-order valence-electron chi connectivity index (χ1n) is 9.31. The van der Waals surface area contributed by atoms with Gasteiger partial charge in [-0.05, 0) is 6.42 Å². The van der Waals surface area contributed by atoms with Crippen molar-refractivity contribution in [2.45, 2.75) is 90.1 Å². The van der Waals surface area contributed by atoms with Crippen LogP contribution in [0.2, 0.25) is 0 Å². The van der Waals surface area contributed by atoms with Crippen LogP contribution in [0.1, 0.15) is 84.0 Å². The minimum atomic E-state index is -4.61. The zero-order valence-corrected chi connectivity index (χ0v) is 16.1. The molecular weight excluding hydrogens is 348 g/mol. The summed E-state index contributed by atoms with van der Waals surface area (Å²) in [5.41, 5.74) is 0. The van der Waals surface area contributed by atoms with Gasteiger partial charge in [0, 0.05) is 6.42 Å². The molecule has 0 rings (SSSR count). The Balaban J connectivity index is 3.53. The van der Waals surface area contributed by atoms with Crippen LogP contribution in [-0.4, -0.2) is 43.4 Å². The molecule has 25 heavy (non-hydrogen) atoms. The summed E-state index contributed by atoms with van der Waals surface area (Å²) in [6, 6.07) is 0. The quantitative estimate of drug-likeness (QED) is 0.225. The number of unbranched alkanes of at least 4 members (excludes halogenated alkanes) is 10. The number of carbonyl (C=O) groups excluding carboxylic acids is 1. The van der Waals surface area contributed by atoms with Gasteiger partial charge in [-0.15, -0.1) is 0 Å². The smallest absolute Gasteiger partial charge is 0.397 e. The van der Waals surface area contributed by atoms with Crippen molar-refractivity contribution in [1.82, 2.24) is 0 Å². The topological polar surface area (TPSA) is 110 Å². The average Bonchev–Trinajstić information content (AvgIpc) is 2.55. The van der Waals surface area contributed by atoms with Crippen LogP contribution in [0.25, 0.3) is 0 Å². The Hall–Kier alpha value is -0.700. The van der Waals surface area contributed by atoms with Crippen LogP contribution >= 0.6 is 0 Å². The Morgan fingerprint density at radius 2 is 1.40 bits per heavy atom. The van der Waals surface area contributed by atoms with Crippen LogP contribution in [0.15, 0.2) is 0 Å². The van der Waals surface area contributed by atoms with Gasteiger partial charge in [-0.2, -0.15) is 8.42 Å². The number of hydrogen-bond donors (Lipinski definition) is 2. The molecule has 0 aliphatic rings. The fraction of sp³-hybridized carbons (Fsp3) is 0.941. The normalized spacial score (nSPS) is 12.9. The largest absolute Gasteiger partial charge is 0.457 e. The third-order valence-electron chi connectivity index (χ3n) is 3.89. The second kappa shape index (κ2) is 15.5. The van der Waals surface area contributed by atoms with Crippen molar-refractivity contribution in [1.29, 1.82) is 0 Å². The van der Waals surface area contributed by atoms with E-state index in [0.29, 0.717) is 6.42 Å². The van der Waals surface area contributed by atoms with E-state index in [1.165, 1.54) is 51.4 Å². The SMILES string of the molecule is CCCCCCCCCCCCCC(=O)OC(CO)COS(=O)(=O)O. The summed E-state index contributed by atoms with van der Waals surface area (Å²) in [7, 11) is -4.61. The third-order valence-corrected chi connectivity index (χ3v) is 4.32. The number of rotatable bonds is 17. The monoisotopic (exact) mass is 382 g/mol. The molecule has 2 N–H and O–H groups in total.